The van der Waals surface area contributed by atoms with Crippen molar-refractivity contribution in [3.63, 3.8) is 0 Å². The molecule has 4 rings (SSSR count). The number of hydrogen-bond donors (Lipinski definition) is 1. The molecule has 1 N–H and O–H groups in total. The van der Waals surface area contributed by atoms with E-state index in [-0.39, 0.29) is 17.2 Å². The van der Waals surface area contributed by atoms with E-state index in [0.29, 0.717) is 29.2 Å². The van der Waals surface area contributed by atoms with Gasteiger partial charge in [-0.3, -0.25) is 14.5 Å². The highest BCUT2D eigenvalue weighted by Gasteiger charge is 2.48. The molecule has 8 heteroatoms. The molecule has 0 aliphatic carbocycles. The molecule has 1 amide bonds. The second-order valence-electron chi connectivity index (χ2n) is 6.97. The summed E-state index contributed by atoms with van der Waals surface area (Å²) in [6, 6.07) is 14.6. The van der Waals surface area contributed by atoms with Crippen LogP contribution in [0, 0.1) is 6.92 Å². The Bertz CT molecular complexity index is 1170. The highest BCUT2D eigenvalue weighted by Crippen LogP contribution is 2.42. The average Bonchev–Trinajstić information content (AvgIpc) is 3.30. The van der Waals surface area contributed by atoms with E-state index in [1.807, 2.05) is 6.92 Å². The molecule has 1 fully saturated rings. The number of halogens is 1. The highest BCUT2D eigenvalue weighted by atomic mass is 79.9. The number of Topliss-reactive ketones (excluding diaryl/α,β-unsaturated/α-hetero) is 1. The van der Waals surface area contributed by atoms with Crippen LogP contribution in [0.2, 0.25) is 0 Å². The number of benzene rings is 2. The van der Waals surface area contributed by atoms with E-state index < -0.39 is 17.7 Å². The van der Waals surface area contributed by atoms with Crippen LogP contribution in [0.25, 0.3) is 5.76 Å². The minimum atomic E-state index is -0.857. The zero-order chi connectivity index (χ0) is 22.1. The van der Waals surface area contributed by atoms with Gasteiger partial charge in [0.05, 0.1) is 18.2 Å². The van der Waals surface area contributed by atoms with Crippen molar-refractivity contribution in [1.82, 2.24) is 5.16 Å². The van der Waals surface area contributed by atoms with Gasteiger partial charge in [0.1, 0.15) is 17.3 Å². The maximum atomic E-state index is 13.0. The van der Waals surface area contributed by atoms with E-state index in [2.05, 4.69) is 21.1 Å². The maximum Gasteiger partial charge on any atom is 0.301 e. The third-order valence-electron chi connectivity index (χ3n) is 4.93. The van der Waals surface area contributed by atoms with Crippen molar-refractivity contribution in [2.24, 2.45) is 0 Å². The van der Waals surface area contributed by atoms with Crippen LogP contribution >= 0.6 is 15.9 Å². The lowest BCUT2D eigenvalue weighted by Gasteiger charge is -2.22. The maximum absolute atomic E-state index is 13.0. The van der Waals surface area contributed by atoms with Crippen LogP contribution in [-0.4, -0.2) is 28.6 Å². The van der Waals surface area contributed by atoms with Gasteiger partial charge in [-0.25, -0.2) is 0 Å². The topological polar surface area (TPSA) is 92.9 Å². The summed E-state index contributed by atoms with van der Waals surface area (Å²) in [6.45, 7) is 4.08. The Morgan fingerprint density at radius 3 is 2.42 bits per heavy atom. The van der Waals surface area contributed by atoms with Crippen molar-refractivity contribution in [2.45, 2.75) is 19.9 Å². The summed E-state index contributed by atoms with van der Waals surface area (Å²) in [5.41, 5.74) is 1.03. The Morgan fingerprint density at radius 1 is 1.16 bits per heavy atom. The molecule has 2 aromatic carbocycles. The standard InChI is InChI=1S/C23H19BrN2O5/c1-3-30-17-10-6-15(7-11-17)21(27)19-20(14-4-8-16(24)9-5-14)26(23(29)22(19)28)18-12-13(2)31-25-18/h4-12,20,27H,3H2,1-2H3. The minimum Gasteiger partial charge on any atom is -0.507 e. The molecule has 0 saturated carbocycles. The molecular weight excluding hydrogens is 464 g/mol. The number of amides is 1. The third-order valence-corrected chi connectivity index (χ3v) is 5.46. The van der Waals surface area contributed by atoms with Crippen molar-refractivity contribution in [3.05, 3.63) is 81.5 Å². The van der Waals surface area contributed by atoms with E-state index in [9.17, 15) is 14.7 Å². The normalized spacial score (nSPS) is 17.9. The van der Waals surface area contributed by atoms with Crippen molar-refractivity contribution in [1.29, 1.82) is 0 Å². The van der Waals surface area contributed by atoms with Crippen LogP contribution < -0.4 is 9.64 Å². The van der Waals surface area contributed by atoms with Gasteiger partial charge in [-0.1, -0.05) is 33.2 Å². The van der Waals surface area contributed by atoms with Crippen molar-refractivity contribution in [2.75, 3.05) is 11.5 Å². The largest absolute Gasteiger partial charge is 0.507 e. The second kappa shape index (κ2) is 8.39. The van der Waals surface area contributed by atoms with Crippen LogP contribution in [0.4, 0.5) is 5.82 Å². The number of aliphatic hydroxyl groups excluding tert-OH is 1. The predicted molar refractivity (Wildman–Crippen MR) is 118 cm³/mol. The zero-order valence-electron chi connectivity index (χ0n) is 16.8. The number of aromatic nitrogens is 1. The molecular formula is C23H19BrN2O5. The van der Waals surface area contributed by atoms with Crippen LogP contribution in [0.5, 0.6) is 5.75 Å². The van der Waals surface area contributed by atoms with Crippen molar-refractivity contribution >= 4 is 39.2 Å². The number of aliphatic hydroxyl groups is 1. The second-order valence-corrected chi connectivity index (χ2v) is 7.89. The Balaban J connectivity index is 1.87. The lowest BCUT2D eigenvalue weighted by atomic mass is 9.95. The van der Waals surface area contributed by atoms with Gasteiger partial charge in [0, 0.05) is 16.1 Å². The Labute approximate surface area is 187 Å². The summed E-state index contributed by atoms with van der Waals surface area (Å²) in [6.07, 6.45) is 0. The van der Waals surface area contributed by atoms with Gasteiger partial charge in [0.2, 0.25) is 0 Å². The third kappa shape index (κ3) is 3.86. The van der Waals surface area contributed by atoms with Crippen LogP contribution in [-0.2, 0) is 9.59 Å². The SMILES string of the molecule is CCOc1ccc(C(O)=C2C(=O)C(=O)N(c3cc(C)on3)C2c2ccc(Br)cc2)cc1. The van der Waals surface area contributed by atoms with E-state index in [1.54, 1.807) is 61.5 Å². The number of rotatable bonds is 5. The van der Waals surface area contributed by atoms with Gasteiger partial charge in [-0.15, -0.1) is 0 Å². The fourth-order valence-corrected chi connectivity index (χ4v) is 3.79. The fraction of sp³-hybridized carbons (Fsp3) is 0.174. The Hall–Kier alpha value is -3.39. The molecule has 2 heterocycles. The first-order chi connectivity index (χ1) is 14.9. The Morgan fingerprint density at radius 2 is 1.84 bits per heavy atom. The molecule has 7 nitrogen and oxygen atoms in total. The molecule has 0 spiro atoms. The van der Waals surface area contributed by atoms with Gasteiger partial charge in [0.15, 0.2) is 5.82 Å². The lowest BCUT2D eigenvalue weighted by molar-refractivity contribution is -0.132. The fourth-order valence-electron chi connectivity index (χ4n) is 3.53. The van der Waals surface area contributed by atoms with Gasteiger partial charge in [-0.05, 0) is 55.8 Å². The Kier molecular flexibility index (Phi) is 5.65. The van der Waals surface area contributed by atoms with Gasteiger partial charge < -0.3 is 14.4 Å². The predicted octanol–water partition coefficient (Wildman–Crippen LogP) is 4.77. The lowest BCUT2D eigenvalue weighted by Crippen LogP contribution is -2.29. The summed E-state index contributed by atoms with van der Waals surface area (Å²) in [5, 5.41) is 15.0. The van der Waals surface area contributed by atoms with E-state index in [0.717, 1.165) is 4.47 Å². The first kappa shape index (κ1) is 20.9. The zero-order valence-corrected chi connectivity index (χ0v) is 18.4. The number of aryl methyl sites for hydroxylation is 1. The number of hydrogen-bond acceptors (Lipinski definition) is 6. The number of carbonyl (C=O) groups excluding carboxylic acids is 2. The molecule has 31 heavy (non-hydrogen) atoms. The van der Waals surface area contributed by atoms with Gasteiger partial charge >= 0.3 is 5.91 Å². The monoisotopic (exact) mass is 482 g/mol. The van der Waals surface area contributed by atoms with Gasteiger partial charge in [-0.2, -0.15) is 0 Å². The molecule has 1 aliphatic heterocycles. The van der Waals surface area contributed by atoms with E-state index in [4.69, 9.17) is 9.26 Å². The molecule has 158 valence electrons. The molecule has 0 radical (unpaired) electrons. The molecule has 3 aromatic rings. The summed E-state index contributed by atoms with van der Waals surface area (Å²) in [7, 11) is 0. The van der Waals surface area contributed by atoms with E-state index >= 15 is 0 Å². The molecule has 1 aliphatic rings. The van der Waals surface area contributed by atoms with Crippen LogP contribution in [0.3, 0.4) is 0 Å². The van der Waals surface area contributed by atoms with Crippen LogP contribution in [0.15, 0.2) is 69.2 Å². The molecule has 0 bridgehead atoms. The number of nitrogens with zero attached hydrogens (tertiary/aromatic N) is 2. The number of ketones is 1. The summed E-state index contributed by atoms with van der Waals surface area (Å²) in [4.78, 5) is 27.3. The molecule has 1 saturated heterocycles. The number of carbonyl (C=O) groups is 2. The molecule has 1 unspecified atom stereocenters. The van der Waals surface area contributed by atoms with Crippen molar-refractivity contribution in [3.8, 4) is 5.75 Å². The molecule has 1 aromatic heterocycles. The van der Waals surface area contributed by atoms with Crippen molar-refractivity contribution < 1.29 is 24.0 Å². The number of anilines is 1. The highest BCUT2D eigenvalue weighted by molar-refractivity contribution is 9.10. The molecule has 1 atom stereocenters. The summed E-state index contributed by atoms with van der Waals surface area (Å²) >= 11 is 3.39. The number of ether oxygens (including phenoxy) is 1. The smallest absolute Gasteiger partial charge is 0.301 e. The first-order valence-electron chi connectivity index (χ1n) is 9.63. The van der Waals surface area contributed by atoms with E-state index in [1.165, 1.54) is 4.90 Å². The van der Waals surface area contributed by atoms with Crippen LogP contribution in [0.1, 0.15) is 29.9 Å². The quantitative estimate of drug-likeness (QED) is 0.319. The van der Waals surface area contributed by atoms with Gasteiger partial charge in [0.25, 0.3) is 5.78 Å². The summed E-state index contributed by atoms with van der Waals surface area (Å²) < 4.78 is 11.4. The summed E-state index contributed by atoms with van der Waals surface area (Å²) in [5.74, 6) is -0.496. The minimum absolute atomic E-state index is 0.0165. The first-order valence-corrected chi connectivity index (χ1v) is 10.4. The average molecular weight is 483 g/mol.